The summed E-state index contributed by atoms with van der Waals surface area (Å²) in [5, 5.41) is 10.1. The molecule has 2 saturated heterocycles. The predicted octanol–water partition coefficient (Wildman–Crippen LogP) is 5.89. The number of rotatable bonds is 11. The number of urea groups is 1. The Morgan fingerprint density at radius 2 is 1.74 bits per heavy atom. The van der Waals surface area contributed by atoms with Gasteiger partial charge in [-0.05, 0) is 68.2 Å². The van der Waals surface area contributed by atoms with Crippen LogP contribution in [0.1, 0.15) is 56.2 Å². The van der Waals surface area contributed by atoms with E-state index in [1.54, 1.807) is 52.1 Å². The molecule has 0 saturated carbocycles. The van der Waals surface area contributed by atoms with Crippen molar-refractivity contribution in [3.63, 3.8) is 0 Å². The molecule has 12 nitrogen and oxygen atoms in total. The van der Waals surface area contributed by atoms with Crippen LogP contribution in [0.3, 0.4) is 0 Å². The number of ether oxygens (including phenoxy) is 1. The Morgan fingerprint density at radius 3 is 2.39 bits per heavy atom. The molecule has 3 heterocycles. The number of carbonyl (C=O) groups is 2. The van der Waals surface area contributed by atoms with Gasteiger partial charge in [-0.1, -0.05) is 53.9 Å². The van der Waals surface area contributed by atoms with Crippen LogP contribution >= 0.6 is 23.2 Å². The Hall–Kier alpha value is -3.93. The van der Waals surface area contributed by atoms with Gasteiger partial charge in [0.15, 0.2) is 0 Å². The first kappa shape index (κ1) is 39.8. The van der Waals surface area contributed by atoms with Gasteiger partial charge < -0.3 is 14.5 Å². The van der Waals surface area contributed by atoms with Crippen LogP contribution in [-0.2, 0) is 14.8 Å². The quantitative estimate of drug-likeness (QED) is 0.277. The Balaban J connectivity index is 1.40. The van der Waals surface area contributed by atoms with Gasteiger partial charge in [0, 0.05) is 68.8 Å². The molecule has 54 heavy (non-hydrogen) atoms. The maximum atomic E-state index is 15.1. The highest BCUT2D eigenvalue weighted by atomic mass is 35.5. The van der Waals surface area contributed by atoms with E-state index in [1.165, 1.54) is 4.31 Å². The minimum Gasteiger partial charge on any atom is -0.493 e. The van der Waals surface area contributed by atoms with E-state index >= 15 is 4.79 Å². The summed E-state index contributed by atoms with van der Waals surface area (Å²) in [4.78, 5) is 40.4. The zero-order valence-electron chi connectivity index (χ0n) is 30.7. The normalized spacial score (nSPS) is 22.4. The number of piperazine rings is 1. The maximum Gasteiger partial charge on any atom is 0.326 e. The number of nitrogens with zero attached hydrogens (tertiary/aromatic N) is 7. The van der Waals surface area contributed by atoms with Gasteiger partial charge in [0.1, 0.15) is 11.6 Å². The number of nitriles is 1. The van der Waals surface area contributed by atoms with E-state index in [0.717, 1.165) is 24.8 Å². The highest BCUT2D eigenvalue weighted by molar-refractivity contribution is 7.89. The molecule has 2 aromatic rings. The topological polar surface area (TPSA) is 130 Å². The number of halogens is 2. The minimum absolute atomic E-state index is 0.0813. The summed E-state index contributed by atoms with van der Waals surface area (Å²) in [6.07, 6.45) is 9.27. The van der Waals surface area contributed by atoms with Crippen LogP contribution in [0.5, 0.6) is 5.75 Å². The summed E-state index contributed by atoms with van der Waals surface area (Å²) >= 11 is 12.7. The Morgan fingerprint density at radius 1 is 1.02 bits per heavy atom. The summed E-state index contributed by atoms with van der Waals surface area (Å²) in [5.41, 5.74) is 1.24. The van der Waals surface area contributed by atoms with E-state index in [4.69, 9.17) is 38.2 Å². The van der Waals surface area contributed by atoms with Crippen LogP contribution in [0, 0.1) is 17.2 Å². The average molecular weight is 797 g/mol. The standard InChI is InChI=1S/C39H47Cl2N7O5S/c1-3-53-34-17-16-32(54(51,52)47-20-5-4-6-21-47)26-33(34)38-43-36(28-8-12-30(40)13-9-28)37(29-10-14-31(41)15-11-29)48(38)39(50)46-24-22-45(23-25-46)27-35(49)44(2)19-7-18-42/h8,10-17,26,28,36-37H,3-7,9,19-25,27H2,1-2H3/t28?,36-,37+/m0/s1. The summed E-state index contributed by atoms with van der Waals surface area (Å²) < 4.78 is 35.7. The fraction of sp³-hybridized carbons (Fsp3) is 0.487. The molecule has 0 N–H and O–H groups in total. The van der Waals surface area contributed by atoms with E-state index in [2.05, 4.69) is 6.07 Å². The van der Waals surface area contributed by atoms with E-state index < -0.39 is 22.1 Å². The van der Waals surface area contributed by atoms with Gasteiger partial charge in [-0.25, -0.2) is 13.2 Å². The first-order valence-electron chi connectivity index (χ1n) is 18.6. The highest BCUT2D eigenvalue weighted by Gasteiger charge is 2.47. The Kier molecular flexibility index (Phi) is 13.0. The zero-order chi connectivity index (χ0) is 38.4. The van der Waals surface area contributed by atoms with Crippen molar-refractivity contribution in [2.24, 2.45) is 10.9 Å². The third-order valence-corrected chi connectivity index (χ3v) is 12.9. The number of piperidine rings is 1. The van der Waals surface area contributed by atoms with Crippen LogP contribution in [0.15, 0.2) is 75.6 Å². The van der Waals surface area contributed by atoms with Crippen molar-refractivity contribution in [2.75, 3.05) is 66.0 Å². The Labute approximate surface area is 328 Å². The molecule has 0 radical (unpaired) electrons. The fourth-order valence-electron chi connectivity index (χ4n) is 7.45. The summed E-state index contributed by atoms with van der Waals surface area (Å²) in [6, 6.07) is 13.0. The van der Waals surface area contributed by atoms with Crippen molar-refractivity contribution in [1.82, 2.24) is 23.9 Å². The number of allylic oxidation sites excluding steroid dienone is 3. The lowest BCUT2D eigenvalue weighted by Crippen LogP contribution is -2.55. The minimum atomic E-state index is -3.83. The lowest BCUT2D eigenvalue weighted by molar-refractivity contribution is -0.131. The number of hydrogen-bond donors (Lipinski definition) is 0. The second kappa shape index (κ2) is 17.7. The van der Waals surface area contributed by atoms with Crippen molar-refractivity contribution >= 4 is 51.0 Å². The van der Waals surface area contributed by atoms with Crippen LogP contribution in [0.4, 0.5) is 4.79 Å². The van der Waals surface area contributed by atoms with E-state index in [0.29, 0.717) is 86.0 Å². The van der Waals surface area contributed by atoms with Crippen LogP contribution < -0.4 is 4.74 Å². The van der Waals surface area contributed by atoms with Crippen LogP contribution in [0.25, 0.3) is 0 Å². The first-order chi connectivity index (χ1) is 26.0. The smallest absolute Gasteiger partial charge is 0.326 e. The second-order valence-electron chi connectivity index (χ2n) is 14.0. The molecule has 3 amide bonds. The predicted molar refractivity (Wildman–Crippen MR) is 209 cm³/mol. The molecule has 15 heteroatoms. The molecule has 6 rings (SSSR count). The molecule has 4 aliphatic rings. The zero-order valence-corrected chi connectivity index (χ0v) is 33.1. The van der Waals surface area contributed by atoms with Gasteiger partial charge in [0.05, 0.1) is 48.2 Å². The molecule has 2 aromatic carbocycles. The lowest BCUT2D eigenvalue weighted by Gasteiger charge is -2.39. The molecule has 0 spiro atoms. The van der Waals surface area contributed by atoms with E-state index in [-0.39, 0.29) is 35.7 Å². The molecule has 288 valence electrons. The maximum absolute atomic E-state index is 15.1. The molecular formula is C39H47Cl2N7O5S. The molecule has 3 atom stereocenters. The average Bonchev–Trinajstić information content (AvgIpc) is 3.58. The van der Waals surface area contributed by atoms with Gasteiger partial charge in [-0.2, -0.15) is 9.57 Å². The van der Waals surface area contributed by atoms with Crippen molar-refractivity contribution in [3.05, 3.63) is 81.9 Å². The third kappa shape index (κ3) is 8.79. The van der Waals surface area contributed by atoms with Gasteiger partial charge in [-0.3, -0.25) is 19.6 Å². The number of likely N-dealkylation sites (N-methyl/N-ethyl adjacent to an activating group) is 1. The number of aliphatic imine (C=N–C) groups is 1. The third-order valence-electron chi connectivity index (χ3n) is 10.5. The highest BCUT2D eigenvalue weighted by Crippen LogP contribution is 2.43. The largest absolute Gasteiger partial charge is 0.493 e. The van der Waals surface area contributed by atoms with Crippen molar-refractivity contribution in [2.45, 2.75) is 56.0 Å². The van der Waals surface area contributed by atoms with Crippen LogP contribution in [0.2, 0.25) is 5.02 Å². The van der Waals surface area contributed by atoms with Gasteiger partial charge in [0.2, 0.25) is 15.9 Å². The number of carbonyl (C=O) groups excluding carboxylic acids is 2. The molecule has 0 bridgehead atoms. The van der Waals surface area contributed by atoms with E-state index in [9.17, 15) is 13.2 Å². The summed E-state index contributed by atoms with van der Waals surface area (Å²) in [7, 11) is -2.14. The molecular weight excluding hydrogens is 749 g/mol. The number of amides is 3. The molecule has 0 aromatic heterocycles. The van der Waals surface area contributed by atoms with Crippen molar-refractivity contribution < 1.29 is 22.7 Å². The Bertz CT molecular complexity index is 1930. The van der Waals surface area contributed by atoms with Gasteiger partial charge >= 0.3 is 6.03 Å². The fourth-order valence-corrected chi connectivity index (χ4v) is 9.28. The van der Waals surface area contributed by atoms with E-state index in [1.807, 2.05) is 42.2 Å². The van der Waals surface area contributed by atoms with Crippen molar-refractivity contribution in [3.8, 4) is 11.8 Å². The number of sulfonamides is 1. The van der Waals surface area contributed by atoms with Crippen LogP contribution in [-0.4, -0.2) is 122 Å². The monoisotopic (exact) mass is 795 g/mol. The molecule has 1 unspecified atom stereocenters. The molecule has 3 aliphatic heterocycles. The number of hydrogen-bond acceptors (Lipinski definition) is 8. The molecule has 1 aliphatic carbocycles. The summed E-state index contributed by atoms with van der Waals surface area (Å²) in [6.45, 7) is 5.30. The van der Waals surface area contributed by atoms with Gasteiger partial charge in [0.25, 0.3) is 0 Å². The molecule has 2 fully saturated rings. The first-order valence-corrected chi connectivity index (χ1v) is 20.8. The van der Waals surface area contributed by atoms with Gasteiger partial charge in [-0.15, -0.1) is 0 Å². The SMILES string of the molecule is CCOc1ccc(S(=O)(=O)N2CCCCC2)cc1C1=N[C@@H](C2C=CC(Cl)=CC2)[C@@H](c2ccc(Cl)cc2)N1C(=O)N1CCN(CC(=O)N(C)CCC#N)CC1. The second-order valence-corrected chi connectivity index (χ2v) is 16.8. The number of benzene rings is 2. The number of amidine groups is 1. The lowest BCUT2D eigenvalue weighted by atomic mass is 9.85. The summed E-state index contributed by atoms with van der Waals surface area (Å²) in [5.74, 6) is 0.544. The van der Waals surface area contributed by atoms with Crippen molar-refractivity contribution in [1.29, 1.82) is 5.26 Å².